The number of thiophene rings is 1. The lowest BCUT2D eigenvalue weighted by atomic mass is 10.2. The standard InChI is InChI=1S/C7H8F3NS/c8-7(9,10)6(11)4-5-2-1-3-12-5/h1-3,6H,4,11H2/t6-/m0/s1. The molecule has 0 amide bonds. The Morgan fingerprint density at radius 1 is 1.50 bits per heavy atom. The zero-order chi connectivity index (χ0) is 9.19. The van der Waals surface area contributed by atoms with E-state index >= 15 is 0 Å². The van der Waals surface area contributed by atoms with E-state index in [1.54, 1.807) is 17.5 Å². The van der Waals surface area contributed by atoms with Crippen LogP contribution in [0.4, 0.5) is 13.2 Å². The first-order valence-electron chi connectivity index (χ1n) is 3.35. The SMILES string of the molecule is N[C@@H](Cc1cccs1)C(F)(F)F. The van der Waals surface area contributed by atoms with Gasteiger partial charge in [-0.25, -0.2) is 0 Å². The average Bonchev–Trinajstić information content (AvgIpc) is 2.37. The van der Waals surface area contributed by atoms with Gasteiger partial charge in [-0.2, -0.15) is 13.2 Å². The van der Waals surface area contributed by atoms with E-state index in [1.165, 1.54) is 11.3 Å². The van der Waals surface area contributed by atoms with Gasteiger partial charge in [0.25, 0.3) is 0 Å². The third kappa shape index (κ3) is 2.49. The molecule has 12 heavy (non-hydrogen) atoms. The number of hydrogen-bond donors (Lipinski definition) is 1. The lowest BCUT2D eigenvalue weighted by molar-refractivity contribution is -0.147. The summed E-state index contributed by atoms with van der Waals surface area (Å²) in [6.45, 7) is 0. The molecule has 0 fully saturated rings. The molecule has 0 bridgehead atoms. The Kier molecular flexibility index (Phi) is 2.74. The highest BCUT2D eigenvalue weighted by Gasteiger charge is 2.36. The van der Waals surface area contributed by atoms with Gasteiger partial charge in [0.1, 0.15) is 6.04 Å². The number of rotatable bonds is 2. The zero-order valence-electron chi connectivity index (χ0n) is 6.14. The second kappa shape index (κ2) is 3.45. The number of alkyl halides is 3. The average molecular weight is 195 g/mol. The molecule has 0 aliphatic heterocycles. The minimum Gasteiger partial charge on any atom is -0.320 e. The molecule has 0 aromatic carbocycles. The molecule has 0 saturated heterocycles. The van der Waals surface area contributed by atoms with Crippen molar-refractivity contribution in [2.24, 2.45) is 5.73 Å². The molecule has 0 aliphatic rings. The molecule has 1 aromatic rings. The maximum absolute atomic E-state index is 11.9. The van der Waals surface area contributed by atoms with Crippen molar-refractivity contribution >= 4 is 11.3 Å². The van der Waals surface area contributed by atoms with E-state index in [2.05, 4.69) is 0 Å². The first-order valence-corrected chi connectivity index (χ1v) is 4.23. The second-order valence-electron chi connectivity index (χ2n) is 2.43. The van der Waals surface area contributed by atoms with Crippen LogP contribution < -0.4 is 5.73 Å². The molecule has 5 heteroatoms. The summed E-state index contributed by atoms with van der Waals surface area (Å²) in [7, 11) is 0. The summed E-state index contributed by atoms with van der Waals surface area (Å²) in [5.41, 5.74) is 4.92. The third-order valence-electron chi connectivity index (χ3n) is 1.42. The number of halogens is 3. The van der Waals surface area contributed by atoms with Gasteiger partial charge in [0.15, 0.2) is 0 Å². The molecule has 1 atom stereocenters. The molecule has 1 nitrogen and oxygen atoms in total. The highest BCUT2D eigenvalue weighted by Crippen LogP contribution is 2.22. The van der Waals surface area contributed by atoms with Crippen molar-refractivity contribution in [1.82, 2.24) is 0 Å². The van der Waals surface area contributed by atoms with E-state index < -0.39 is 12.2 Å². The molecule has 1 aromatic heterocycles. The Morgan fingerprint density at radius 2 is 2.17 bits per heavy atom. The summed E-state index contributed by atoms with van der Waals surface area (Å²) in [5.74, 6) is 0. The predicted molar refractivity (Wildman–Crippen MR) is 42.1 cm³/mol. The van der Waals surface area contributed by atoms with Crippen LogP contribution in [0.25, 0.3) is 0 Å². The Balaban J connectivity index is 2.53. The molecule has 0 radical (unpaired) electrons. The van der Waals surface area contributed by atoms with Gasteiger partial charge in [0.05, 0.1) is 0 Å². The predicted octanol–water partition coefficient (Wildman–Crippen LogP) is 2.18. The fourth-order valence-corrected chi connectivity index (χ4v) is 1.53. The summed E-state index contributed by atoms with van der Waals surface area (Å²) in [6.07, 6.45) is -4.41. The van der Waals surface area contributed by atoms with Crippen molar-refractivity contribution in [3.63, 3.8) is 0 Å². The van der Waals surface area contributed by atoms with Gasteiger partial charge in [-0.1, -0.05) is 6.07 Å². The van der Waals surface area contributed by atoms with Crippen LogP contribution in [0.2, 0.25) is 0 Å². The van der Waals surface area contributed by atoms with Crippen LogP contribution >= 0.6 is 11.3 Å². The largest absolute Gasteiger partial charge is 0.403 e. The fourth-order valence-electron chi connectivity index (χ4n) is 0.761. The van der Waals surface area contributed by atoms with Crippen molar-refractivity contribution in [2.75, 3.05) is 0 Å². The van der Waals surface area contributed by atoms with E-state index in [4.69, 9.17) is 5.73 Å². The van der Waals surface area contributed by atoms with Gasteiger partial charge in [-0.3, -0.25) is 0 Å². The first kappa shape index (κ1) is 9.54. The Morgan fingerprint density at radius 3 is 2.58 bits per heavy atom. The lowest BCUT2D eigenvalue weighted by Gasteiger charge is -2.13. The van der Waals surface area contributed by atoms with Crippen molar-refractivity contribution in [2.45, 2.75) is 18.6 Å². The maximum atomic E-state index is 11.9. The molecule has 2 N–H and O–H groups in total. The molecule has 0 saturated carbocycles. The van der Waals surface area contributed by atoms with Crippen molar-refractivity contribution in [3.05, 3.63) is 22.4 Å². The molecule has 68 valence electrons. The molecule has 0 aliphatic carbocycles. The van der Waals surface area contributed by atoms with Gasteiger partial charge < -0.3 is 5.73 Å². The Labute approximate surface area is 72.0 Å². The normalized spacial score (nSPS) is 14.7. The van der Waals surface area contributed by atoms with E-state index in [0.717, 1.165) is 0 Å². The van der Waals surface area contributed by atoms with Crippen LogP contribution in [-0.2, 0) is 6.42 Å². The van der Waals surface area contributed by atoms with E-state index in [-0.39, 0.29) is 6.42 Å². The van der Waals surface area contributed by atoms with Crippen LogP contribution in [0, 0.1) is 0 Å². The smallest absolute Gasteiger partial charge is 0.320 e. The van der Waals surface area contributed by atoms with Crippen LogP contribution in [0.3, 0.4) is 0 Å². The highest BCUT2D eigenvalue weighted by atomic mass is 32.1. The van der Waals surface area contributed by atoms with Crippen LogP contribution in [-0.4, -0.2) is 12.2 Å². The quantitative estimate of drug-likeness (QED) is 0.769. The molecular weight excluding hydrogens is 187 g/mol. The van der Waals surface area contributed by atoms with E-state index in [1.807, 2.05) is 0 Å². The Bertz CT molecular complexity index is 229. The summed E-state index contributed by atoms with van der Waals surface area (Å²) >= 11 is 1.29. The second-order valence-corrected chi connectivity index (χ2v) is 3.46. The molecule has 1 heterocycles. The Hall–Kier alpha value is -0.550. The number of hydrogen-bond acceptors (Lipinski definition) is 2. The molecule has 0 unspecified atom stereocenters. The number of nitrogens with two attached hydrogens (primary N) is 1. The minimum absolute atomic E-state index is 0.124. The fraction of sp³-hybridized carbons (Fsp3) is 0.429. The van der Waals surface area contributed by atoms with Gasteiger partial charge in [0, 0.05) is 11.3 Å². The summed E-state index contributed by atoms with van der Waals surface area (Å²) in [6, 6.07) is 1.62. The molecular formula is C7H8F3NS. The zero-order valence-corrected chi connectivity index (χ0v) is 6.95. The van der Waals surface area contributed by atoms with Gasteiger partial charge in [0.2, 0.25) is 0 Å². The first-order chi connectivity index (χ1) is 5.50. The van der Waals surface area contributed by atoms with Crippen molar-refractivity contribution in [3.8, 4) is 0 Å². The summed E-state index contributed by atoms with van der Waals surface area (Å²) < 4.78 is 35.8. The topological polar surface area (TPSA) is 26.0 Å². The van der Waals surface area contributed by atoms with Gasteiger partial charge in [-0.15, -0.1) is 11.3 Å². The molecule has 1 rings (SSSR count). The maximum Gasteiger partial charge on any atom is 0.403 e. The van der Waals surface area contributed by atoms with Crippen LogP contribution in [0.5, 0.6) is 0 Å². The highest BCUT2D eigenvalue weighted by molar-refractivity contribution is 7.09. The van der Waals surface area contributed by atoms with Gasteiger partial charge >= 0.3 is 6.18 Å². The third-order valence-corrected chi connectivity index (χ3v) is 2.32. The lowest BCUT2D eigenvalue weighted by Crippen LogP contribution is -2.38. The minimum atomic E-state index is -4.29. The van der Waals surface area contributed by atoms with Crippen molar-refractivity contribution in [1.29, 1.82) is 0 Å². The van der Waals surface area contributed by atoms with E-state index in [9.17, 15) is 13.2 Å². The monoisotopic (exact) mass is 195 g/mol. The van der Waals surface area contributed by atoms with E-state index in [0.29, 0.717) is 4.88 Å². The van der Waals surface area contributed by atoms with Crippen LogP contribution in [0.1, 0.15) is 4.88 Å². The van der Waals surface area contributed by atoms with Gasteiger partial charge in [-0.05, 0) is 11.4 Å². The molecule has 0 spiro atoms. The van der Waals surface area contributed by atoms with Crippen molar-refractivity contribution < 1.29 is 13.2 Å². The summed E-state index contributed by atoms with van der Waals surface area (Å²) in [5, 5.41) is 1.73. The van der Waals surface area contributed by atoms with Crippen LogP contribution in [0.15, 0.2) is 17.5 Å². The summed E-state index contributed by atoms with van der Waals surface area (Å²) in [4.78, 5) is 0.667.